The molecule has 0 unspecified atom stereocenters. The average Bonchev–Trinajstić information content (AvgIpc) is 2.56. The van der Waals surface area contributed by atoms with Crippen molar-refractivity contribution >= 4 is 57.1 Å². The molecule has 1 fully saturated rings. The molecule has 0 atom stereocenters. The fourth-order valence-electron chi connectivity index (χ4n) is 2.71. The normalized spacial score (nSPS) is 21.5. The molecule has 2 aromatic carbocycles. The topological polar surface area (TPSA) is 17.1 Å². The summed E-state index contributed by atoms with van der Waals surface area (Å²) in [7, 11) is 0. The highest BCUT2D eigenvalue weighted by molar-refractivity contribution is 9.09. The van der Waals surface area contributed by atoms with Crippen LogP contribution in [0, 0.1) is 0 Å². The van der Waals surface area contributed by atoms with E-state index in [0.29, 0.717) is 10.0 Å². The lowest BCUT2D eigenvalue weighted by atomic mass is 9.86. The number of allylic oxidation sites excluding steroid dienone is 2. The van der Waals surface area contributed by atoms with Gasteiger partial charge in [0, 0.05) is 26.0 Å². The lowest BCUT2D eigenvalue weighted by Gasteiger charge is -2.21. The molecule has 1 nitrogen and oxygen atoms in total. The van der Waals surface area contributed by atoms with Crippen LogP contribution in [0.1, 0.15) is 24.0 Å². The van der Waals surface area contributed by atoms with Crippen molar-refractivity contribution in [3.63, 3.8) is 0 Å². The van der Waals surface area contributed by atoms with Crippen LogP contribution in [-0.2, 0) is 4.79 Å². The quantitative estimate of drug-likeness (QED) is 0.395. The summed E-state index contributed by atoms with van der Waals surface area (Å²) in [4.78, 5) is 13.1. The van der Waals surface area contributed by atoms with Gasteiger partial charge in [0.25, 0.3) is 0 Å². The Balaban J connectivity index is 1.90. The monoisotopic (exact) mass is 420 g/mol. The average molecular weight is 422 g/mol. The molecule has 0 saturated heterocycles. The fourth-order valence-corrected chi connectivity index (χ4v) is 3.66. The van der Waals surface area contributed by atoms with Crippen molar-refractivity contribution in [2.24, 2.45) is 0 Å². The summed E-state index contributed by atoms with van der Waals surface area (Å²) < 4.78 is 0. The van der Waals surface area contributed by atoms with Crippen molar-refractivity contribution in [3.8, 4) is 0 Å². The fraction of sp³-hybridized carbons (Fsp3) is 0.150. The lowest BCUT2D eigenvalue weighted by molar-refractivity contribution is -0.112. The molecule has 0 heterocycles. The van der Waals surface area contributed by atoms with E-state index in [1.165, 1.54) is 0 Å². The van der Waals surface area contributed by atoms with Crippen molar-refractivity contribution in [3.05, 3.63) is 80.8 Å². The molecule has 122 valence electrons. The van der Waals surface area contributed by atoms with Crippen LogP contribution in [0.25, 0.3) is 12.2 Å². The number of benzene rings is 2. The van der Waals surface area contributed by atoms with Crippen LogP contribution in [0.2, 0.25) is 10.0 Å². The van der Waals surface area contributed by atoms with Crippen molar-refractivity contribution in [2.45, 2.75) is 17.7 Å². The molecule has 0 amide bonds. The number of hydrogen-bond donors (Lipinski definition) is 0. The van der Waals surface area contributed by atoms with Gasteiger partial charge in [0.2, 0.25) is 0 Å². The highest BCUT2D eigenvalue weighted by Crippen LogP contribution is 2.32. The van der Waals surface area contributed by atoms with Crippen LogP contribution in [0.15, 0.2) is 59.7 Å². The number of carbonyl (C=O) groups excluding carboxylic acids is 1. The van der Waals surface area contributed by atoms with E-state index < -0.39 is 0 Å². The molecule has 3 rings (SSSR count). The van der Waals surface area contributed by atoms with Gasteiger partial charge in [-0.15, -0.1) is 0 Å². The van der Waals surface area contributed by atoms with Gasteiger partial charge in [-0.3, -0.25) is 4.79 Å². The Labute approximate surface area is 160 Å². The van der Waals surface area contributed by atoms with E-state index in [4.69, 9.17) is 23.2 Å². The minimum absolute atomic E-state index is 0.107. The van der Waals surface area contributed by atoms with Crippen LogP contribution in [-0.4, -0.2) is 10.6 Å². The van der Waals surface area contributed by atoms with Gasteiger partial charge >= 0.3 is 0 Å². The molecular weight excluding hydrogens is 407 g/mol. The van der Waals surface area contributed by atoms with Crippen molar-refractivity contribution < 1.29 is 4.79 Å². The van der Waals surface area contributed by atoms with Crippen molar-refractivity contribution in [1.82, 2.24) is 0 Å². The molecule has 0 spiro atoms. The van der Waals surface area contributed by atoms with E-state index in [-0.39, 0.29) is 10.6 Å². The van der Waals surface area contributed by atoms with Crippen LogP contribution in [0.5, 0.6) is 0 Å². The molecule has 2 aromatic rings. The number of halogens is 3. The molecule has 1 saturated carbocycles. The highest BCUT2D eigenvalue weighted by Gasteiger charge is 2.26. The maximum Gasteiger partial charge on any atom is 0.185 e. The Bertz CT molecular complexity index is 737. The molecule has 24 heavy (non-hydrogen) atoms. The minimum atomic E-state index is 0.107. The number of alkyl halides is 1. The second-order valence-corrected chi connectivity index (χ2v) is 7.94. The van der Waals surface area contributed by atoms with Crippen LogP contribution < -0.4 is 0 Å². The second-order valence-electron chi connectivity index (χ2n) is 5.78. The predicted octanol–water partition coefficient (Wildman–Crippen LogP) is 6.59. The van der Waals surface area contributed by atoms with Gasteiger partial charge in [-0.25, -0.2) is 0 Å². The number of Topliss-reactive ketones (excluding diaryl/α,β-unsaturated/α-hetero) is 1. The van der Waals surface area contributed by atoms with Gasteiger partial charge in [0.05, 0.1) is 0 Å². The Hall–Kier alpha value is -1.35. The maximum absolute atomic E-state index is 12.8. The smallest absolute Gasteiger partial charge is 0.185 e. The number of rotatable bonds is 2. The number of ketones is 1. The summed E-state index contributed by atoms with van der Waals surface area (Å²) in [6, 6.07) is 15.0. The molecule has 0 aromatic heterocycles. The Morgan fingerprint density at radius 2 is 1.17 bits per heavy atom. The second kappa shape index (κ2) is 7.69. The van der Waals surface area contributed by atoms with E-state index in [0.717, 1.165) is 35.1 Å². The van der Waals surface area contributed by atoms with E-state index in [1.807, 2.05) is 60.7 Å². The molecule has 4 heteroatoms. The largest absolute Gasteiger partial charge is 0.289 e. The Kier molecular flexibility index (Phi) is 5.60. The maximum atomic E-state index is 12.8. The van der Waals surface area contributed by atoms with Gasteiger partial charge in [-0.1, -0.05) is 63.4 Å². The number of carbonyl (C=O) groups is 1. The van der Waals surface area contributed by atoms with Crippen LogP contribution >= 0.6 is 39.1 Å². The Morgan fingerprint density at radius 3 is 1.54 bits per heavy atom. The summed E-state index contributed by atoms with van der Waals surface area (Å²) >= 11 is 15.5. The third kappa shape index (κ3) is 4.38. The Morgan fingerprint density at radius 1 is 0.792 bits per heavy atom. The van der Waals surface area contributed by atoms with Gasteiger partial charge in [0.15, 0.2) is 5.78 Å². The summed E-state index contributed by atoms with van der Waals surface area (Å²) in [6.07, 6.45) is 5.34. The SMILES string of the molecule is O=C1/C(=C/c2ccc(Cl)cc2)CC(Br)C/C1=C\c1ccc(Cl)cc1. The van der Waals surface area contributed by atoms with Crippen LogP contribution in [0.3, 0.4) is 0 Å². The summed E-state index contributed by atoms with van der Waals surface area (Å²) in [5.74, 6) is 0.107. The van der Waals surface area contributed by atoms with Crippen molar-refractivity contribution in [1.29, 1.82) is 0 Å². The first-order valence-corrected chi connectivity index (χ1v) is 9.29. The van der Waals surface area contributed by atoms with Gasteiger partial charge in [-0.05, 0) is 60.4 Å². The zero-order valence-electron chi connectivity index (χ0n) is 12.8. The van der Waals surface area contributed by atoms with Gasteiger partial charge < -0.3 is 0 Å². The highest BCUT2D eigenvalue weighted by atomic mass is 79.9. The van der Waals surface area contributed by atoms with E-state index in [2.05, 4.69) is 15.9 Å². The zero-order valence-corrected chi connectivity index (χ0v) is 15.9. The third-order valence-electron chi connectivity index (χ3n) is 3.89. The first-order valence-electron chi connectivity index (χ1n) is 7.62. The molecule has 0 bridgehead atoms. The van der Waals surface area contributed by atoms with Gasteiger partial charge in [0.1, 0.15) is 0 Å². The summed E-state index contributed by atoms with van der Waals surface area (Å²) in [5, 5.41) is 1.38. The predicted molar refractivity (Wildman–Crippen MR) is 106 cm³/mol. The number of hydrogen-bond acceptors (Lipinski definition) is 1. The molecule has 0 aliphatic heterocycles. The van der Waals surface area contributed by atoms with Crippen molar-refractivity contribution in [2.75, 3.05) is 0 Å². The summed E-state index contributed by atoms with van der Waals surface area (Å²) in [5.41, 5.74) is 3.58. The molecular formula is C20H15BrCl2O. The first kappa shape index (κ1) is 17.5. The molecule has 1 aliphatic rings. The van der Waals surface area contributed by atoms with E-state index in [1.54, 1.807) is 0 Å². The third-order valence-corrected chi connectivity index (χ3v) is 5.04. The standard InChI is InChI=1S/C20H15BrCl2O/c21-17-11-15(9-13-1-5-18(22)6-2-13)20(24)16(12-17)10-14-3-7-19(23)8-4-14/h1-10,17H,11-12H2/b15-9+,16-10+. The minimum Gasteiger partial charge on any atom is -0.289 e. The molecule has 0 radical (unpaired) electrons. The first-order chi connectivity index (χ1) is 11.5. The van der Waals surface area contributed by atoms with E-state index in [9.17, 15) is 4.79 Å². The van der Waals surface area contributed by atoms with E-state index >= 15 is 0 Å². The van der Waals surface area contributed by atoms with Crippen LogP contribution in [0.4, 0.5) is 0 Å². The van der Waals surface area contributed by atoms with Gasteiger partial charge in [-0.2, -0.15) is 0 Å². The molecule has 1 aliphatic carbocycles. The summed E-state index contributed by atoms with van der Waals surface area (Å²) in [6.45, 7) is 0. The lowest BCUT2D eigenvalue weighted by Crippen LogP contribution is -2.19. The molecule has 0 N–H and O–H groups in total. The zero-order chi connectivity index (χ0) is 17.1.